The molecule has 0 aliphatic carbocycles. The number of nitrogens with one attached hydrogen (secondary N) is 2. The van der Waals surface area contributed by atoms with Crippen molar-refractivity contribution in [2.45, 2.75) is 39.7 Å². The molecule has 0 spiro atoms. The van der Waals surface area contributed by atoms with E-state index in [1.807, 2.05) is 13.8 Å². The molecule has 0 aromatic carbocycles. The van der Waals surface area contributed by atoms with Crippen molar-refractivity contribution in [2.24, 2.45) is 5.92 Å². The molecule has 100 valence electrons. The summed E-state index contributed by atoms with van der Waals surface area (Å²) in [6.07, 6.45) is 2.57. The number of rotatable bonds is 5. The zero-order valence-corrected chi connectivity index (χ0v) is 11.1. The molecule has 2 heterocycles. The number of amides is 1. The highest BCUT2D eigenvalue weighted by Crippen LogP contribution is 2.16. The highest BCUT2D eigenvalue weighted by atomic mass is 16.5. The summed E-state index contributed by atoms with van der Waals surface area (Å²) in [6.45, 7) is 6.34. The van der Waals surface area contributed by atoms with E-state index < -0.39 is 0 Å². The van der Waals surface area contributed by atoms with E-state index in [2.05, 4.69) is 15.8 Å². The van der Waals surface area contributed by atoms with E-state index in [0.29, 0.717) is 6.54 Å². The Morgan fingerprint density at radius 3 is 2.94 bits per heavy atom. The first kappa shape index (κ1) is 13.1. The van der Waals surface area contributed by atoms with Gasteiger partial charge in [0.1, 0.15) is 5.76 Å². The van der Waals surface area contributed by atoms with Gasteiger partial charge in [-0.1, -0.05) is 19.0 Å². The van der Waals surface area contributed by atoms with Crippen LogP contribution in [0, 0.1) is 5.92 Å². The first-order valence-corrected chi connectivity index (χ1v) is 6.71. The predicted molar refractivity (Wildman–Crippen MR) is 68.1 cm³/mol. The molecule has 0 saturated carbocycles. The fourth-order valence-electron chi connectivity index (χ4n) is 2.34. The second kappa shape index (κ2) is 6.00. The third-order valence-corrected chi connectivity index (χ3v) is 3.48. The van der Waals surface area contributed by atoms with Crippen molar-refractivity contribution in [2.75, 3.05) is 13.1 Å². The topological polar surface area (TPSA) is 67.2 Å². The number of carbonyl (C=O) groups is 1. The van der Waals surface area contributed by atoms with Gasteiger partial charge in [-0.2, -0.15) is 0 Å². The van der Waals surface area contributed by atoms with E-state index in [9.17, 15) is 4.79 Å². The van der Waals surface area contributed by atoms with Crippen LogP contribution in [0.2, 0.25) is 0 Å². The average molecular weight is 251 g/mol. The van der Waals surface area contributed by atoms with E-state index in [1.165, 1.54) is 0 Å². The van der Waals surface area contributed by atoms with Crippen LogP contribution in [-0.2, 0) is 24.2 Å². The molecule has 1 aromatic rings. The SMILES string of the molecule is CCc1noc(CC)c1CNC(=O)C1CCNC1. The number of aryl methyl sites for hydroxylation is 2. The average Bonchev–Trinajstić information content (AvgIpc) is 3.04. The standard InChI is InChI=1S/C13H21N3O2/c1-3-11-10(12(4-2)18-16-11)8-15-13(17)9-5-6-14-7-9/h9,14H,3-8H2,1-2H3,(H,15,17). The summed E-state index contributed by atoms with van der Waals surface area (Å²) in [5.41, 5.74) is 2.01. The second-order valence-electron chi connectivity index (χ2n) is 4.65. The first-order chi connectivity index (χ1) is 8.76. The van der Waals surface area contributed by atoms with E-state index in [0.717, 1.165) is 49.4 Å². The fraction of sp³-hybridized carbons (Fsp3) is 0.692. The largest absolute Gasteiger partial charge is 0.361 e. The fourth-order valence-corrected chi connectivity index (χ4v) is 2.34. The summed E-state index contributed by atoms with van der Waals surface area (Å²) < 4.78 is 5.28. The van der Waals surface area contributed by atoms with Crippen LogP contribution in [0.3, 0.4) is 0 Å². The Balaban J connectivity index is 1.96. The zero-order valence-electron chi connectivity index (χ0n) is 11.1. The molecule has 1 aromatic heterocycles. The predicted octanol–water partition coefficient (Wildman–Crippen LogP) is 1.03. The molecule has 1 aliphatic heterocycles. The molecule has 1 amide bonds. The number of hydrogen-bond donors (Lipinski definition) is 2. The van der Waals surface area contributed by atoms with Gasteiger partial charge in [0.25, 0.3) is 0 Å². The van der Waals surface area contributed by atoms with Crippen LogP contribution < -0.4 is 10.6 Å². The third kappa shape index (κ3) is 2.72. The molecule has 1 saturated heterocycles. The molecule has 5 heteroatoms. The molecule has 1 atom stereocenters. The minimum absolute atomic E-state index is 0.111. The van der Waals surface area contributed by atoms with Crippen LogP contribution in [0.1, 0.15) is 37.3 Å². The number of nitrogens with zero attached hydrogens (tertiary/aromatic N) is 1. The van der Waals surface area contributed by atoms with Crippen LogP contribution in [-0.4, -0.2) is 24.2 Å². The summed E-state index contributed by atoms with van der Waals surface area (Å²) in [5.74, 6) is 1.13. The van der Waals surface area contributed by atoms with Crippen molar-refractivity contribution in [1.82, 2.24) is 15.8 Å². The highest BCUT2D eigenvalue weighted by molar-refractivity contribution is 5.79. The lowest BCUT2D eigenvalue weighted by molar-refractivity contribution is -0.124. The van der Waals surface area contributed by atoms with E-state index >= 15 is 0 Å². The second-order valence-corrected chi connectivity index (χ2v) is 4.65. The minimum Gasteiger partial charge on any atom is -0.361 e. The monoisotopic (exact) mass is 251 g/mol. The molecular formula is C13H21N3O2. The molecule has 2 N–H and O–H groups in total. The molecule has 0 radical (unpaired) electrons. The van der Waals surface area contributed by atoms with Gasteiger partial charge in [-0.15, -0.1) is 0 Å². The minimum atomic E-state index is 0.111. The van der Waals surface area contributed by atoms with Crippen molar-refractivity contribution in [3.05, 3.63) is 17.0 Å². The quantitative estimate of drug-likeness (QED) is 0.820. The van der Waals surface area contributed by atoms with E-state index in [1.54, 1.807) is 0 Å². The van der Waals surface area contributed by atoms with Gasteiger partial charge < -0.3 is 15.2 Å². The summed E-state index contributed by atoms with van der Waals surface area (Å²) >= 11 is 0. The van der Waals surface area contributed by atoms with Crippen molar-refractivity contribution in [1.29, 1.82) is 0 Å². The third-order valence-electron chi connectivity index (χ3n) is 3.48. The van der Waals surface area contributed by atoms with Crippen LogP contribution in [0.5, 0.6) is 0 Å². The molecule has 1 unspecified atom stereocenters. The van der Waals surface area contributed by atoms with Crippen molar-refractivity contribution >= 4 is 5.91 Å². The summed E-state index contributed by atoms with van der Waals surface area (Å²) in [5, 5.41) is 10.2. The lowest BCUT2D eigenvalue weighted by Gasteiger charge is -2.10. The van der Waals surface area contributed by atoms with Crippen molar-refractivity contribution in [3.8, 4) is 0 Å². The van der Waals surface area contributed by atoms with Gasteiger partial charge in [0, 0.05) is 25.1 Å². The van der Waals surface area contributed by atoms with E-state index in [4.69, 9.17) is 4.52 Å². The first-order valence-electron chi connectivity index (χ1n) is 6.71. The van der Waals surface area contributed by atoms with Gasteiger partial charge in [-0.25, -0.2) is 0 Å². The van der Waals surface area contributed by atoms with Crippen LogP contribution in [0.4, 0.5) is 0 Å². The van der Waals surface area contributed by atoms with Crippen LogP contribution in [0.15, 0.2) is 4.52 Å². The molecule has 5 nitrogen and oxygen atoms in total. The maximum Gasteiger partial charge on any atom is 0.224 e. The molecule has 1 fully saturated rings. The summed E-state index contributed by atoms with van der Waals surface area (Å²) in [7, 11) is 0. The summed E-state index contributed by atoms with van der Waals surface area (Å²) in [6, 6.07) is 0. The van der Waals surface area contributed by atoms with Gasteiger partial charge in [0.2, 0.25) is 5.91 Å². The van der Waals surface area contributed by atoms with Crippen molar-refractivity contribution < 1.29 is 9.32 Å². The Hall–Kier alpha value is -1.36. The Morgan fingerprint density at radius 1 is 1.50 bits per heavy atom. The zero-order chi connectivity index (χ0) is 13.0. The molecular weight excluding hydrogens is 230 g/mol. The maximum absolute atomic E-state index is 11.9. The molecule has 18 heavy (non-hydrogen) atoms. The normalized spacial score (nSPS) is 19.1. The van der Waals surface area contributed by atoms with Gasteiger partial charge in [0.15, 0.2) is 0 Å². The van der Waals surface area contributed by atoms with E-state index in [-0.39, 0.29) is 11.8 Å². The number of aromatic nitrogens is 1. The smallest absolute Gasteiger partial charge is 0.224 e. The van der Waals surface area contributed by atoms with Gasteiger partial charge >= 0.3 is 0 Å². The molecule has 0 bridgehead atoms. The van der Waals surface area contributed by atoms with Crippen LogP contribution >= 0.6 is 0 Å². The Kier molecular flexibility index (Phi) is 4.36. The Labute approximate surface area is 107 Å². The lowest BCUT2D eigenvalue weighted by Crippen LogP contribution is -2.31. The number of hydrogen-bond acceptors (Lipinski definition) is 4. The Bertz CT molecular complexity index is 387. The van der Waals surface area contributed by atoms with Gasteiger partial charge in [-0.05, 0) is 19.4 Å². The van der Waals surface area contributed by atoms with Crippen LogP contribution in [0.25, 0.3) is 0 Å². The molecule has 2 rings (SSSR count). The number of carbonyl (C=O) groups excluding carboxylic acids is 1. The van der Waals surface area contributed by atoms with Gasteiger partial charge in [0.05, 0.1) is 11.6 Å². The lowest BCUT2D eigenvalue weighted by atomic mass is 10.1. The van der Waals surface area contributed by atoms with Crippen molar-refractivity contribution in [3.63, 3.8) is 0 Å². The highest BCUT2D eigenvalue weighted by Gasteiger charge is 2.23. The Morgan fingerprint density at radius 2 is 2.33 bits per heavy atom. The summed E-state index contributed by atoms with van der Waals surface area (Å²) in [4.78, 5) is 11.9. The molecule has 1 aliphatic rings. The van der Waals surface area contributed by atoms with Gasteiger partial charge in [-0.3, -0.25) is 4.79 Å². The maximum atomic E-state index is 11.9.